The molecule has 0 aromatic heterocycles. The summed E-state index contributed by atoms with van der Waals surface area (Å²) in [4.78, 5) is 15.1. The molecule has 1 aromatic rings. The molecule has 0 saturated carbocycles. The number of carbonyl (C=O) groups is 1. The number of carbonyl (C=O) groups excluding carboxylic acids is 1. The van der Waals surface area contributed by atoms with Crippen molar-refractivity contribution in [2.24, 2.45) is 0 Å². The third-order valence-corrected chi connectivity index (χ3v) is 4.91. The van der Waals surface area contributed by atoms with Gasteiger partial charge in [-0.25, -0.2) is 0 Å². The van der Waals surface area contributed by atoms with E-state index < -0.39 is 0 Å². The fourth-order valence-electron chi connectivity index (χ4n) is 1.88. The molecule has 1 saturated heterocycles. The molecule has 0 unspecified atom stereocenters. The van der Waals surface area contributed by atoms with Gasteiger partial charge in [0.15, 0.2) is 0 Å². The van der Waals surface area contributed by atoms with Crippen LogP contribution in [-0.4, -0.2) is 42.7 Å². The standard InChI is InChI=1S/C13H17BrN2OS.ClH/c14-11-3-1-2-4-12(11)18-10-5-13(17)16-8-6-15-7-9-16;/h1-4,15H,5-10H2;1H. The van der Waals surface area contributed by atoms with E-state index in [0.29, 0.717) is 6.42 Å². The minimum Gasteiger partial charge on any atom is -0.340 e. The van der Waals surface area contributed by atoms with Crippen LogP contribution in [0.2, 0.25) is 0 Å². The highest BCUT2D eigenvalue weighted by atomic mass is 79.9. The van der Waals surface area contributed by atoms with Gasteiger partial charge in [-0.15, -0.1) is 24.2 Å². The first kappa shape index (κ1) is 16.8. The van der Waals surface area contributed by atoms with Crippen molar-refractivity contribution in [3.63, 3.8) is 0 Å². The van der Waals surface area contributed by atoms with Crippen molar-refractivity contribution in [3.05, 3.63) is 28.7 Å². The second-order valence-electron chi connectivity index (χ2n) is 4.16. The lowest BCUT2D eigenvalue weighted by molar-refractivity contribution is -0.131. The lowest BCUT2D eigenvalue weighted by Crippen LogP contribution is -2.46. The molecule has 6 heteroatoms. The molecule has 1 amide bonds. The second kappa shape index (κ2) is 8.84. The Morgan fingerprint density at radius 1 is 1.32 bits per heavy atom. The van der Waals surface area contributed by atoms with E-state index >= 15 is 0 Å². The van der Waals surface area contributed by atoms with Crippen LogP contribution in [0.15, 0.2) is 33.6 Å². The second-order valence-corrected chi connectivity index (χ2v) is 6.15. The van der Waals surface area contributed by atoms with Crippen LogP contribution >= 0.6 is 40.1 Å². The summed E-state index contributed by atoms with van der Waals surface area (Å²) < 4.78 is 1.10. The van der Waals surface area contributed by atoms with E-state index in [0.717, 1.165) is 36.4 Å². The van der Waals surface area contributed by atoms with Crippen molar-refractivity contribution in [1.82, 2.24) is 10.2 Å². The molecule has 0 atom stereocenters. The lowest BCUT2D eigenvalue weighted by atomic mass is 10.3. The molecule has 1 fully saturated rings. The minimum absolute atomic E-state index is 0. The zero-order valence-corrected chi connectivity index (χ0v) is 13.8. The Labute approximate surface area is 133 Å². The van der Waals surface area contributed by atoms with E-state index in [9.17, 15) is 4.79 Å². The first-order valence-electron chi connectivity index (χ1n) is 6.13. The summed E-state index contributed by atoms with van der Waals surface area (Å²) in [5.74, 6) is 1.11. The van der Waals surface area contributed by atoms with Gasteiger partial charge in [-0.3, -0.25) is 4.79 Å². The van der Waals surface area contributed by atoms with Crippen LogP contribution in [-0.2, 0) is 4.79 Å². The van der Waals surface area contributed by atoms with Gasteiger partial charge in [0, 0.05) is 47.7 Å². The third kappa shape index (κ3) is 5.34. The van der Waals surface area contributed by atoms with Crippen molar-refractivity contribution in [1.29, 1.82) is 0 Å². The maximum Gasteiger partial charge on any atom is 0.223 e. The number of nitrogens with one attached hydrogen (secondary N) is 1. The van der Waals surface area contributed by atoms with Gasteiger partial charge in [-0.05, 0) is 28.1 Å². The normalized spacial score (nSPS) is 14.9. The van der Waals surface area contributed by atoms with Gasteiger partial charge in [0.05, 0.1) is 0 Å². The molecule has 0 spiro atoms. The highest BCUT2D eigenvalue weighted by Gasteiger charge is 2.15. The van der Waals surface area contributed by atoms with Crippen molar-refractivity contribution in [2.45, 2.75) is 11.3 Å². The average Bonchev–Trinajstić information content (AvgIpc) is 2.42. The molecule has 1 N–H and O–H groups in total. The van der Waals surface area contributed by atoms with Gasteiger partial charge in [0.25, 0.3) is 0 Å². The molecule has 1 heterocycles. The van der Waals surface area contributed by atoms with E-state index in [2.05, 4.69) is 27.3 Å². The van der Waals surface area contributed by atoms with E-state index in [1.165, 1.54) is 4.90 Å². The molecule has 1 aromatic carbocycles. The first-order chi connectivity index (χ1) is 8.77. The number of halogens is 2. The molecule has 19 heavy (non-hydrogen) atoms. The van der Waals surface area contributed by atoms with Gasteiger partial charge < -0.3 is 10.2 Å². The number of thioether (sulfide) groups is 1. The molecule has 0 radical (unpaired) electrons. The van der Waals surface area contributed by atoms with E-state index in [4.69, 9.17) is 0 Å². The molecular formula is C13H18BrClN2OS. The molecule has 2 rings (SSSR count). The van der Waals surface area contributed by atoms with Crippen LogP contribution in [0.3, 0.4) is 0 Å². The number of hydrogen-bond donors (Lipinski definition) is 1. The fraction of sp³-hybridized carbons (Fsp3) is 0.462. The molecule has 106 valence electrons. The lowest BCUT2D eigenvalue weighted by Gasteiger charge is -2.27. The molecule has 0 bridgehead atoms. The number of nitrogens with zero attached hydrogens (tertiary/aromatic N) is 1. The quantitative estimate of drug-likeness (QED) is 0.833. The zero-order chi connectivity index (χ0) is 12.8. The Bertz CT molecular complexity index is 413. The molecule has 1 aliphatic rings. The molecular weight excluding hydrogens is 348 g/mol. The molecule has 1 aliphatic heterocycles. The van der Waals surface area contributed by atoms with Gasteiger partial charge in [0.2, 0.25) is 5.91 Å². The number of hydrogen-bond acceptors (Lipinski definition) is 3. The smallest absolute Gasteiger partial charge is 0.223 e. The number of benzene rings is 1. The Morgan fingerprint density at radius 2 is 2.00 bits per heavy atom. The Kier molecular flexibility index (Phi) is 7.83. The van der Waals surface area contributed by atoms with Gasteiger partial charge in [0.1, 0.15) is 0 Å². The third-order valence-electron chi connectivity index (χ3n) is 2.88. The van der Waals surface area contributed by atoms with Crippen LogP contribution in [0.5, 0.6) is 0 Å². The molecule has 0 aliphatic carbocycles. The Hall–Kier alpha value is -0.230. The highest BCUT2D eigenvalue weighted by Crippen LogP contribution is 2.27. The first-order valence-corrected chi connectivity index (χ1v) is 7.91. The summed E-state index contributed by atoms with van der Waals surface area (Å²) in [6, 6.07) is 8.12. The fourth-order valence-corrected chi connectivity index (χ4v) is 3.39. The summed E-state index contributed by atoms with van der Waals surface area (Å²) >= 11 is 5.25. The maximum atomic E-state index is 11.9. The Balaban J connectivity index is 0.00000180. The van der Waals surface area contributed by atoms with Gasteiger partial charge in [-0.1, -0.05) is 12.1 Å². The topological polar surface area (TPSA) is 32.3 Å². The summed E-state index contributed by atoms with van der Waals surface area (Å²) in [7, 11) is 0. The van der Waals surface area contributed by atoms with Gasteiger partial charge >= 0.3 is 0 Å². The van der Waals surface area contributed by atoms with Crippen molar-refractivity contribution < 1.29 is 4.79 Å². The summed E-state index contributed by atoms with van der Waals surface area (Å²) in [5.41, 5.74) is 0. The number of rotatable bonds is 4. The van der Waals surface area contributed by atoms with Crippen molar-refractivity contribution in [3.8, 4) is 0 Å². The summed E-state index contributed by atoms with van der Waals surface area (Å²) in [6.45, 7) is 3.53. The van der Waals surface area contributed by atoms with Gasteiger partial charge in [-0.2, -0.15) is 0 Å². The SMILES string of the molecule is Cl.O=C(CCSc1ccccc1Br)N1CCNCC1. The van der Waals surface area contributed by atoms with Crippen LogP contribution in [0.25, 0.3) is 0 Å². The van der Waals surface area contributed by atoms with Crippen LogP contribution in [0.1, 0.15) is 6.42 Å². The monoisotopic (exact) mass is 364 g/mol. The average molecular weight is 366 g/mol. The number of piperazine rings is 1. The van der Waals surface area contributed by atoms with E-state index in [1.54, 1.807) is 11.8 Å². The highest BCUT2D eigenvalue weighted by molar-refractivity contribution is 9.10. The van der Waals surface area contributed by atoms with Crippen LogP contribution in [0.4, 0.5) is 0 Å². The van der Waals surface area contributed by atoms with E-state index in [1.807, 2.05) is 23.1 Å². The number of amides is 1. The predicted molar refractivity (Wildman–Crippen MR) is 86.2 cm³/mol. The summed E-state index contributed by atoms with van der Waals surface area (Å²) in [5, 5.41) is 3.25. The largest absolute Gasteiger partial charge is 0.340 e. The van der Waals surface area contributed by atoms with E-state index in [-0.39, 0.29) is 18.3 Å². The van der Waals surface area contributed by atoms with Crippen LogP contribution < -0.4 is 5.32 Å². The Morgan fingerprint density at radius 3 is 2.68 bits per heavy atom. The summed E-state index contributed by atoms with van der Waals surface area (Å²) in [6.07, 6.45) is 0.617. The minimum atomic E-state index is 0. The predicted octanol–water partition coefficient (Wildman–Crippen LogP) is 2.78. The van der Waals surface area contributed by atoms with Crippen LogP contribution in [0, 0.1) is 0 Å². The zero-order valence-electron chi connectivity index (χ0n) is 10.6. The maximum absolute atomic E-state index is 11.9. The van der Waals surface area contributed by atoms with Crippen molar-refractivity contribution >= 4 is 46.0 Å². The van der Waals surface area contributed by atoms with Crippen molar-refractivity contribution in [2.75, 3.05) is 31.9 Å². The molecule has 3 nitrogen and oxygen atoms in total.